The van der Waals surface area contributed by atoms with Gasteiger partial charge in [-0.15, -0.1) is 11.3 Å². The van der Waals surface area contributed by atoms with Crippen molar-refractivity contribution < 1.29 is 9.47 Å². The Balaban J connectivity index is 2.34. The molecule has 2 aromatic rings. The zero-order valence-corrected chi connectivity index (χ0v) is 16.0. The van der Waals surface area contributed by atoms with E-state index in [0.29, 0.717) is 0 Å². The Morgan fingerprint density at radius 2 is 1.81 bits per heavy atom. The summed E-state index contributed by atoms with van der Waals surface area (Å²) in [6.07, 6.45) is -0.179. The highest BCUT2D eigenvalue weighted by atomic mass is 79.9. The number of methoxy groups -OCH3 is 1. The summed E-state index contributed by atoms with van der Waals surface area (Å²) < 4.78 is 13.1. The minimum atomic E-state index is -0.179. The molecule has 1 aromatic carbocycles. The van der Waals surface area contributed by atoms with Crippen molar-refractivity contribution in [2.24, 2.45) is 5.73 Å². The number of halogens is 2. The number of hydrogen-bond donors (Lipinski definition) is 1. The van der Waals surface area contributed by atoms with E-state index in [-0.39, 0.29) is 12.1 Å². The largest absolute Gasteiger partial charge is 0.496 e. The Morgan fingerprint density at radius 3 is 2.33 bits per heavy atom. The third-order valence-electron chi connectivity index (χ3n) is 3.10. The third kappa shape index (κ3) is 3.80. The first-order valence-corrected chi connectivity index (χ1v) is 8.90. The predicted octanol–water partition coefficient (Wildman–Crippen LogP) is 5.06. The maximum Gasteiger partial charge on any atom is 0.148 e. The summed E-state index contributed by atoms with van der Waals surface area (Å²) >= 11 is 8.66. The number of nitrogens with two attached hydrogens (primary N) is 1. The van der Waals surface area contributed by atoms with Gasteiger partial charge >= 0.3 is 0 Å². The highest BCUT2D eigenvalue weighted by Gasteiger charge is 2.23. The van der Waals surface area contributed by atoms with Gasteiger partial charge in [0.1, 0.15) is 17.6 Å². The number of ether oxygens (including phenoxy) is 2. The standard InChI is InChI=1S/C15H17Br2NO2S/c1-8-4-5-21-15(8)14(9(2)18)20-13-7-10(16)12(19-3)6-11(13)17/h4-7,9,14H,18H2,1-3H3. The van der Waals surface area contributed by atoms with Crippen LogP contribution in [0.5, 0.6) is 11.5 Å². The molecule has 1 heterocycles. The molecule has 0 amide bonds. The summed E-state index contributed by atoms with van der Waals surface area (Å²) in [5.41, 5.74) is 7.32. The fraction of sp³-hybridized carbons (Fsp3) is 0.333. The van der Waals surface area contributed by atoms with Crippen molar-refractivity contribution in [3.63, 3.8) is 0 Å². The van der Waals surface area contributed by atoms with Gasteiger partial charge < -0.3 is 15.2 Å². The van der Waals surface area contributed by atoms with E-state index in [9.17, 15) is 0 Å². The van der Waals surface area contributed by atoms with Crippen molar-refractivity contribution >= 4 is 43.2 Å². The Bertz CT molecular complexity index is 628. The molecule has 1 aromatic heterocycles. The van der Waals surface area contributed by atoms with Gasteiger partial charge in [0, 0.05) is 10.9 Å². The molecular formula is C15H17Br2NO2S. The highest BCUT2D eigenvalue weighted by molar-refractivity contribution is 9.11. The van der Waals surface area contributed by atoms with Gasteiger partial charge in [0.25, 0.3) is 0 Å². The van der Waals surface area contributed by atoms with Crippen molar-refractivity contribution in [3.8, 4) is 11.5 Å². The van der Waals surface area contributed by atoms with Gasteiger partial charge in [-0.05, 0) is 74.8 Å². The number of thiophene rings is 1. The van der Waals surface area contributed by atoms with Crippen LogP contribution in [0.2, 0.25) is 0 Å². The van der Waals surface area contributed by atoms with Gasteiger partial charge in [-0.1, -0.05) is 0 Å². The Labute approximate surface area is 145 Å². The smallest absolute Gasteiger partial charge is 0.148 e. The van der Waals surface area contributed by atoms with Crippen molar-refractivity contribution in [1.29, 1.82) is 0 Å². The van der Waals surface area contributed by atoms with Crippen molar-refractivity contribution in [3.05, 3.63) is 43.0 Å². The lowest BCUT2D eigenvalue weighted by atomic mass is 10.1. The van der Waals surface area contributed by atoms with E-state index in [1.807, 2.05) is 19.1 Å². The quantitative estimate of drug-likeness (QED) is 0.715. The van der Waals surface area contributed by atoms with E-state index in [1.165, 1.54) is 5.56 Å². The zero-order valence-electron chi connectivity index (χ0n) is 12.0. The summed E-state index contributed by atoms with van der Waals surface area (Å²) in [5, 5.41) is 2.06. The molecule has 0 radical (unpaired) electrons. The van der Waals surface area contributed by atoms with Gasteiger partial charge in [0.05, 0.1) is 16.1 Å². The summed E-state index contributed by atoms with van der Waals surface area (Å²) in [6.45, 7) is 4.03. The van der Waals surface area contributed by atoms with Crippen LogP contribution in [0.1, 0.15) is 23.5 Å². The average molecular weight is 435 g/mol. The predicted molar refractivity (Wildman–Crippen MR) is 94.5 cm³/mol. The van der Waals surface area contributed by atoms with Crippen LogP contribution < -0.4 is 15.2 Å². The van der Waals surface area contributed by atoms with Crippen LogP contribution in [0.4, 0.5) is 0 Å². The molecule has 0 saturated heterocycles. The van der Waals surface area contributed by atoms with E-state index < -0.39 is 0 Å². The fourth-order valence-electron chi connectivity index (χ4n) is 1.97. The van der Waals surface area contributed by atoms with Gasteiger partial charge in [-0.2, -0.15) is 0 Å². The first-order chi connectivity index (χ1) is 9.93. The number of rotatable bonds is 5. The van der Waals surface area contributed by atoms with E-state index >= 15 is 0 Å². The lowest BCUT2D eigenvalue weighted by molar-refractivity contribution is 0.182. The molecule has 0 bridgehead atoms. The van der Waals surface area contributed by atoms with Gasteiger partial charge in [0.15, 0.2) is 0 Å². The molecule has 2 N–H and O–H groups in total. The molecule has 21 heavy (non-hydrogen) atoms. The van der Waals surface area contributed by atoms with Crippen LogP contribution in [-0.4, -0.2) is 13.2 Å². The van der Waals surface area contributed by atoms with Crippen molar-refractivity contribution in [2.75, 3.05) is 7.11 Å². The Kier molecular flexibility index (Phi) is 5.71. The van der Waals surface area contributed by atoms with Crippen LogP contribution in [-0.2, 0) is 0 Å². The minimum Gasteiger partial charge on any atom is -0.496 e. The minimum absolute atomic E-state index is 0.116. The lowest BCUT2D eigenvalue weighted by Gasteiger charge is -2.23. The monoisotopic (exact) mass is 433 g/mol. The molecule has 0 spiro atoms. The van der Waals surface area contributed by atoms with E-state index in [4.69, 9.17) is 15.2 Å². The first-order valence-electron chi connectivity index (χ1n) is 6.43. The first kappa shape index (κ1) is 16.8. The van der Waals surface area contributed by atoms with Gasteiger partial charge in [-0.3, -0.25) is 0 Å². The molecule has 2 unspecified atom stereocenters. The van der Waals surface area contributed by atoms with Crippen molar-refractivity contribution in [2.45, 2.75) is 26.0 Å². The van der Waals surface area contributed by atoms with Crippen LogP contribution in [0.15, 0.2) is 32.5 Å². The highest BCUT2D eigenvalue weighted by Crippen LogP contribution is 2.39. The third-order valence-corrected chi connectivity index (χ3v) is 5.42. The van der Waals surface area contributed by atoms with Gasteiger partial charge in [-0.25, -0.2) is 0 Å². The normalized spacial score (nSPS) is 13.8. The topological polar surface area (TPSA) is 44.5 Å². The fourth-order valence-corrected chi connectivity index (χ4v) is 3.94. The van der Waals surface area contributed by atoms with Crippen LogP contribution in [0.3, 0.4) is 0 Å². The molecule has 2 rings (SSSR count). The molecule has 0 aliphatic heterocycles. The lowest BCUT2D eigenvalue weighted by Crippen LogP contribution is -2.29. The van der Waals surface area contributed by atoms with Crippen LogP contribution in [0.25, 0.3) is 0 Å². The molecule has 0 aliphatic rings. The SMILES string of the molecule is COc1cc(Br)c(OC(c2sccc2C)C(C)N)cc1Br. The van der Waals surface area contributed by atoms with E-state index in [1.54, 1.807) is 18.4 Å². The zero-order chi connectivity index (χ0) is 15.6. The van der Waals surface area contributed by atoms with Gasteiger partial charge in [0.2, 0.25) is 0 Å². The average Bonchev–Trinajstić information content (AvgIpc) is 2.84. The molecule has 2 atom stereocenters. The van der Waals surface area contributed by atoms with Crippen molar-refractivity contribution in [1.82, 2.24) is 0 Å². The molecule has 0 aliphatic carbocycles. The Hall–Kier alpha value is -0.560. The second-order valence-corrected chi connectivity index (χ2v) is 7.44. The van der Waals surface area contributed by atoms with E-state index in [0.717, 1.165) is 25.3 Å². The molecule has 6 heteroatoms. The maximum atomic E-state index is 6.17. The summed E-state index contributed by atoms with van der Waals surface area (Å²) in [7, 11) is 1.63. The molecule has 3 nitrogen and oxygen atoms in total. The Morgan fingerprint density at radius 1 is 1.19 bits per heavy atom. The molecular weight excluding hydrogens is 418 g/mol. The molecule has 0 saturated carbocycles. The van der Waals surface area contributed by atoms with Crippen LogP contribution >= 0.6 is 43.2 Å². The molecule has 114 valence electrons. The molecule has 0 fully saturated rings. The number of aryl methyl sites for hydroxylation is 1. The summed E-state index contributed by atoms with van der Waals surface area (Å²) in [6, 6.07) is 5.73. The van der Waals surface area contributed by atoms with E-state index in [2.05, 4.69) is 50.2 Å². The van der Waals surface area contributed by atoms with Crippen LogP contribution in [0, 0.1) is 6.92 Å². The second-order valence-electron chi connectivity index (χ2n) is 4.78. The summed E-state index contributed by atoms with van der Waals surface area (Å²) in [4.78, 5) is 1.16. The second kappa shape index (κ2) is 7.13. The summed E-state index contributed by atoms with van der Waals surface area (Å²) in [5.74, 6) is 1.48. The number of hydrogen-bond acceptors (Lipinski definition) is 4. The number of benzene rings is 1. The maximum absolute atomic E-state index is 6.17.